The average molecular weight is 465 g/mol. The zero-order chi connectivity index (χ0) is 20.7. The molecule has 0 aromatic heterocycles. The van der Waals surface area contributed by atoms with E-state index < -0.39 is 45.4 Å². The summed E-state index contributed by atoms with van der Waals surface area (Å²) in [6, 6.07) is 0. The van der Waals surface area contributed by atoms with E-state index in [0.29, 0.717) is 0 Å². The average Bonchev–Trinajstić information content (AvgIpc) is 2.43. The van der Waals surface area contributed by atoms with E-state index in [4.69, 9.17) is 0 Å². The molecule has 0 N–H and O–H groups in total. The lowest BCUT2D eigenvalue weighted by Gasteiger charge is -2.41. The van der Waals surface area contributed by atoms with Crippen LogP contribution >= 0.6 is 34.8 Å². The van der Waals surface area contributed by atoms with Crippen LogP contribution in [-0.2, 0) is 4.74 Å². The van der Waals surface area contributed by atoms with Crippen molar-refractivity contribution in [2.45, 2.75) is 45.4 Å². The molecule has 0 aromatic rings. The van der Waals surface area contributed by atoms with Crippen LogP contribution in [0.15, 0.2) is 0 Å². The molecule has 0 amide bonds. The van der Waals surface area contributed by atoms with Crippen LogP contribution in [0.2, 0.25) is 0 Å². The monoisotopic (exact) mass is 464 g/mol. The van der Waals surface area contributed by atoms with E-state index in [1.54, 1.807) is 0 Å². The van der Waals surface area contributed by atoms with E-state index >= 15 is 0 Å². The molecule has 0 radical (unpaired) electrons. The molecule has 0 bridgehead atoms. The molecule has 0 aromatic carbocycles. The second-order valence-corrected chi connectivity index (χ2v) is 6.38. The zero-order valence-electron chi connectivity index (χ0n) is 10.5. The molecule has 0 unspecified atom stereocenters. The maximum absolute atomic E-state index is 14.2. The SMILES string of the molecule is FC(F)(F)C(F)(F)C(F)(F)[C@@]1(F)C(Cl)(Cl)O[C@@](Cl)(C(F)(F)F)C1(F)F. The molecular formula is C8Cl3F13O. The predicted molar refractivity (Wildman–Crippen MR) is 54.9 cm³/mol. The van der Waals surface area contributed by atoms with Crippen LogP contribution in [0.1, 0.15) is 0 Å². The van der Waals surface area contributed by atoms with Gasteiger partial charge in [-0.3, -0.25) is 0 Å². The van der Waals surface area contributed by atoms with Crippen LogP contribution in [0.25, 0.3) is 0 Å². The minimum Gasteiger partial charge on any atom is -0.307 e. The van der Waals surface area contributed by atoms with Crippen molar-refractivity contribution >= 4 is 34.8 Å². The predicted octanol–water partition coefficient (Wildman–Crippen LogP) is 5.82. The Balaban J connectivity index is 3.83. The van der Waals surface area contributed by atoms with Crippen LogP contribution in [-0.4, -0.2) is 45.4 Å². The van der Waals surface area contributed by atoms with Crippen LogP contribution in [0.5, 0.6) is 0 Å². The van der Waals surface area contributed by atoms with Crippen molar-refractivity contribution < 1.29 is 61.8 Å². The molecule has 1 fully saturated rings. The van der Waals surface area contributed by atoms with E-state index in [1.807, 2.05) is 0 Å². The van der Waals surface area contributed by atoms with Crippen LogP contribution < -0.4 is 0 Å². The van der Waals surface area contributed by atoms with Crippen molar-refractivity contribution in [1.82, 2.24) is 0 Å². The molecule has 0 aliphatic carbocycles. The van der Waals surface area contributed by atoms with Crippen molar-refractivity contribution in [1.29, 1.82) is 0 Å². The fourth-order valence-electron chi connectivity index (χ4n) is 1.73. The van der Waals surface area contributed by atoms with E-state index in [-0.39, 0.29) is 0 Å². The van der Waals surface area contributed by atoms with Crippen LogP contribution in [0, 0.1) is 0 Å². The maximum atomic E-state index is 14.2. The Morgan fingerprint density at radius 3 is 1.28 bits per heavy atom. The van der Waals surface area contributed by atoms with Gasteiger partial charge < -0.3 is 4.74 Å². The molecule has 150 valence electrons. The molecule has 1 rings (SSSR count). The highest BCUT2D eigenvalue weighted by molar-refractivity contribution is 6.49. The van der Waals surface area contributed by atoms with E-state index in [2.05, 4.69) is 39.5 Å². The molecule has 1 heterocycles. The lowest BCUT2D eigenvalue weighted by atomic mass is 9.85. The molecule has 2 atom stereocenters. The van der Waals surface area contributed by atoms with Gasteiger partial charge in [-0.1, -0.05) is 34.8 Å². The van der Waals surface area contributed by atoms with Crippen molar-refractivity contribution in [3.05, 3.63) is 0 Å². The molecule has 1 aliphatic rings. The third-order valence-corrected chi connectivity index (χ3v) is 4.26. The number of hydrogen-bond donors (Lipinski definition) is 0. The van der Waals surface area contributed by atoms with Crippen molar-refractivity contribution in [2.75, 3.05) is 0 Å². The second-order valence-electron chi connectivity index (χ2n) is 4.59. The molecule has 0 saturated carbocycles. The number of halogens is 16. The molecule has 1 nitrogen and oxygen atoms in total. The van der Waals surface area contributed by atoms with Gasteiger partial charge >= 0.3 is 40.8 Å². The van der Waals surface area contributed by atoms with Gasteiger partial charge in [-0.25, -0.2) is 4.39 Å². The quantitative estimate of drug-likeness (QED) is 0.369. The highest BCUT2D eigenvalue weighted by atomic mass is 35.5. The first-order chi connectivity index (χ1) is 10.5. The highest BCUT2D eigenvalue weighted by Gasteiger charge is 3.00. The summed E-state index contributed by atoms with van der Waals surface area (Å²) in [7, 11) is 0. The number of hydrogen-bond acceptors (Lipinski definition) is 1. The lowest BCUT2D eigenvalue weighted by Crippen LogP contribution is -2.73. The third-order valence-electron chi connectivity index (χ3n) is 3.05. The first kappa shape index (κ1) is 23.0. The number of rotatable bonds is 2. The smallest absolute Gasteiger partial charge is 0.307 e. The van der Waals surface area contributed by atoms with Crippen molar-refractivity contribution in [3.8, 4) is 0 Å². The lowest BCUT2D eigenvalue weighted by molar-refractivity contribution is -0.399. The van der Waals surface area contributed by atoms with Crippen LogP contribution in [0.3, 0.4) is 0 Å². The van der Waals surface area contributed by atoms with Gasteiger partial charge in [0.2, 0.25) is 0 Å². The fraction of sp³-hybridized carbons (Fsp3) is 1.00. The summed E-state index contributed by atoms with van der Waals surface area (Å²) in [5.41, 5.74) is -6.97. The minimum atomic E-state index is -7.66. The zero-order valence-corrected chi connectivity index (χ0v) is 12.7. The Kier molecular flexibility index (Phi) is 4.82. The Hall–Kier alpha value is -0.0800. The van der Waals surface area contributed by atoms with Crippen molar-refractivity contribution in [2.24, 2.45) is 0 Å². The topological polar surface area (TPSA) is 9.23 Å². The fourth-order valence-corrected chi connectivity index (χ4v) is 2.76. The summed E-state index contributed by atoms with van der Waals surface area (Å²) in [6.07, 6.45) is -14.1. The van der Waals surface area contributed by atoms with Gasteiger partial charge in [0.15, 0.2) is 0 Å². The van der Waals surface area contributed by atoms with Crippen LogP contribution in [0.4, 0.5) is 57.1 Å². The van der Waals surface area contributed by atoms with Crippen molar-refractivity contribution in [3.63, 3.8) is 0 Å². The summed E-state index contributed by atoms with van der Waals surface area (Å²) in [5, 5.41) is -5.89. The molecule has 0 spiro atoms. The van der Waals surface area contributed by atoms with Gasteiger partial charge in [0.1, 0.15) is 0 Å². The third kappa shape index (κ3) is 2.42. The molecular weight excluding hydrogens is 465 g/mol. The van der Waals surface area contributed by atoms with Gasteiger partial charge in [-0.2, -0.15) is 52.7 Å². The Bertz CT molecular complexity index is 554. The standard InChI is InChI=1S/C8Cl3F13O/c9-2(7(19,20)21)3(13,14)1(12,6(10,11)25-2)4(15,16)5(17,18)8(22,23)24/t1-,2-/m1/s1. The summed E-state index contributed by atoms with van der Waals surface area (Å²) >= 11 is 13.0. The van der Waals surface area contributed by atoms with Gasteiger partial charge in [-0.05, 0) is 0 Å². The molecule has 17 heteroatoms. The minimum absolute atomic E-state index is 2.89. The molecule has 25 heavy (non-hydrogen) atoms. The second kappa shape index (κ2) is 5.25. The summed E-state index contributed by atoms with van der Waals surface area (Å²) in [6.45, 7) is 0. The van der Waals surface area contributed by atoms with E-state index in [0.717, 1.165) is 0 Å². The molecule has 1 saturated heterocycles. The van der Waals surface area contributed by atoms with Gasteiger partial charge in [0.25, 0.3) is 4.52 Å². The first-order valence-electron chi connectivity index (χ1n) is 5.18. The van der Waals surface area contributed by atoms with Gasteiger partial charge in [0.05, 0.1) is 0 Å². The maximum Gasteiger partial charge on any atom is 0.460 e. The Morgan fingerprint density at radius 2 is 1.04 bits per heavy atom. The highest BCUT2D eigenvalue weighted by Crippen LogP contribution is 2.73. The largest absolute Gasteiger partial charge is 0.460 e. The van der Waals surface area contributed by atoms with E-state index in [9.17, 15) is 57.1 Å². The first-order valence-corrected chi connectivity index (χ1v) is 6.32. The number of ether oxygens (including phenoxy) is 1. The summed E-state index contributed by atoms with van der Waals surface area (Å²) < 4.78 is 166. The molecule has 1 aliphatic heterocycles. The Labute approximate surface area is 142 Å². The normalized spacial score (nSPS) is 33.6. The Morgan fingerprint density at radius 1 is 0.680 bits per heavy atom. The van der Waals surface area contributed by atoms with Gasteiger partial charge in [0, 0.05) is 0 Å². The summed E-state index contributed by atoms with van der Waals surface area (Å²) in [5.74, 6) is -22.3. The number of alkyl halides is 16. The van der Waals surface area contributed by atoms with Gasteiger partial charge in [-0.15, -0.1) is 0 Å². The van der Waals surface area contributed by atoms with E-state index in [1.165, 1.54) is 0 Å². The summed E-state index contributed by atoms with van der Waals surface area (Å²) in [4.78, 5) is 0.